The number of guanidine groups is 1. The van der Waals surface area contributed by atoms with Gasteiger partial charge in [0, 0.05) is 25.5 Å². The maximum atomic E-state index is 12.7. The largest absolute Gasteiger partial charge is 0.417 e. The number of hydrogen-bond donors (Lipinski definition) is 3. The molecule has 1 aromatic heterocycles. The first kappa shape index (κ1) is 13.4. The van der Waals surface area contributed by atoms with Crippen LogP contribution in [0.15, 0.2) is 29.0 Å². The Morgan fingerprint density at radius 3 is 2.63 bits per heavy atom. The molecule has 0 fully saturated rings. The van der Waals surface area contributed by atoms with Gasteiger partial charge in [0.25, 0.3) is 0 Å². The molecule has 0 aliphatic carbocycles. The lowest BCUT2D eigenvalue weighted by Gasteiger charge is -2.30. The number of hydrogen-bond acceptors (Lipinski definition) is 5. The van der Waals surface area contributed by atoms with Crippen LogP contribution in [0.25, 0.3) is 0 Å². The van der Waals surface area contributed by atoms with Gasteiger partial charge in [-0.3, -0.25) is 4.68 Å². The van der Waals surface area contributed by atoms with E-state index in [9.17, 15) is 13.2 Å². The van der Waals surface area contributed by atoms with Crippen molar-refractivity contribution in [3.63, 3.8) is 0 Å². The Morgan fingerprint density at radius 1 is 1.47 bits per heavy atom. The molecule has 2 heterocycles. The van der Waals surface area contributed by atoms with Crippen LogP contribution >= 0.6 is 0 Å². The summed E-state index contributed by atoms with van der Waals surface area (Å²) in [4.78, 5) is 3.80. The number of alkyl halides is 3. The SMILES string of the molecule is Cn1ccc(NC2=NC(C)(N)C(C(F)(F)F)=CN2)n1. The minimum atomic E-state index is -4.53. The van der Waals surface area contributed by atoms with Crippen molar-refractivity contribution in [3.05, 3.63) is 24.0 Å². The molecule has 0 saturated carbocycles. The Labute approximate surface area is 107 Å². The number of aryl methyl sites for hydroxylation is 1. The number of halogens is 3. The van der Waals surface area contributed by atoms with Crippen molar-refractivity contribution < 1.29 is 13.2 Å². The molecule has 0 radical (unpaired) electrons. The monoisotopic (exact) mass is 274 g/mol. The highest BCUT2D eigenvalue weighted by atomic mass is 19.4. The third-order valence-corrected chi connectivity index (χ3v) is 2.51. The molecular weight excluding hydrogens is 261 g/mol. The standard InChI is InChI=1S/C10H13F3N6/c1-9(14)6(10(11,12)13)5-15-8(17-9)16-7-3-4-19(2)18-7/h3-5H,14H2,1-2H3,(H2,15,16,17,18). The van der Waals surface area contributed by atoms with E-state index in [4.69, 9.17) is 5.73 Å². The van der Waals surface area contributed by atoms with E-state index in [0.717, 1.165) is 6.20 Å². The molecule has 1 aromatic rings. The van der Waals surface area contributed by atoms with Crippen LogP contribution in [0.1, 0.15) is 6.92 Å². The Hall–Kier alpha value is -2.03. The van der Waals surface area contributed by atoms with E-state index >= 15 is 0 Å². The molecule has 0 saturated heterocycles. The van der Waals surface area contributed by atoms with Gasteiger partial charge in [-0.2, -0.15) is 18.3 Å². The van der Waals surface area contributed by atoms with Crippen molar-refractivity contribution in [1.29, 1.82) is 0 Å². The van der Waals surface area contributed by atoms with Crippen LogP contribution in [0.5, 0.6) is 0 Å². The molecule has 6 nitrogen and oxygen atoms in total. The van der Waals surface area contributed by atoms with E-state index in [2.05, 4.69) is 20.7 Å². The van der Waals surface area contributed by atoms with Crippen LogP contribution < -0.4 is 16.4 Å². The van der Waals surface area contributed by atoms with Crippen LogP contribution in [0.2, 0.25) is 0 Å². The van der Waals surface area contributed by atoms with Crippen LogP contribution in [-0.2, 0) is 7.05 Å². The van der Waals surface area contributed by atoms with Crippen molar-refractivity contribution in [2.45, 2.75) is 18.8 Å². The van der Waals surface area contributed by atoms with Crippen LogP contribution in [-0.4, -0.2) is 27.6 Å². The normalized spacial score (nSPS) is 23.5. The lowest BCUT2D eigenvalue weighted by Crippen LogP contribution is -2.49. The average molecular weight is 274 g/mol. The zero-order valence-corrected chi connectivity index (χ0v) is 10.3. The Morgan fingerprint density at radius 2 is 2.16 bits per heavy atom. The smallest absolute Gasteiger partial charge is 0.332 e. The lowest BCUT2D eigenvalue weighted by atomic mass is 10.0. The van der Waals surface area contributed by atoms with Crippen LogP contribution in [0.3, 0.4) is 0 Å². The molecule has 1 unspecified atom stereocenters. The van der Waals surface area contributed by atoms with E-state index in [1.165, 1.54) is 6.92 Å². The first-order chi connectivity index (χ1) is 8.68. The third kappa shape index (κ3) is 2.87. The summed E-state index contributed by atoms with van der Waals surface area (Å²) in [6, 6.07) is 1.65. The second kappa shape index (κ2) is 4.26. The zero-order chi connectivity index (χ0) is 14.3. The van der Waals surface area contributed by atoms with Crippen molar-refractivity contribution in [3.8, 4) is 0 Å². The predicted molar refractivity (Wildman–Crippen MR) is 64.1 cm³/mol. The van der Waals surface area contributed by atoms with Gasteiger partial charge in [0.1, 0.15) is 5.66 Å². The van der Waals surface area contributed by atoms with Gasteiger partial charge >= 0.3 is 6.18 Å². The number of aromatic nitrogens is 2. The fraction of sp³-hybridized carbons (Fsp3) is 0.400. The number of rotatable bonds is 1. The Bertz CT molecular complexity index is 540. The van der Waals surface area contributed by atoms with Gasteiger partial charge in [-0.1, -0.05) is 0 Å². The number of nitrogens with one attached hydrogen (secondary N) is 2. The van der Waals surface area contributed by atoms with Crippen molar-refractivity contribution in [2.75, 3.05) is 5.32 Å². The van der Waals surface area contributed by atoms with Gasteiger partial charge in [-0.15, -0.1) is 0 Å². The van der Waals surface area contributed by atoms with Gasteiger partial charge in [0.2, 0.25) is 5.96 Å². The van der Waals surface area contributed by atoms with Gasteiger partial charge < -0.3 is 16.4 Å². The minimum absolute atomic E-state index is 0.108. The fourth-order valence-electron chi connectivity index (χ4n) is 1.65. The Balaban J connectivity index is 2.18. The van der Waals surface area contributed by atoms with Crippen molar-refractivity contribution >= 4 is 11.8 Å². The highest BCUT2D eigenvalue weighted by Gasteiger charge is 2.45. The van der Waals surface area contributed by atoms with E-state index in [1.54, 1.807) is 24.0 Å². The molecule has 0 bridgehead atoms. The van der Waals surface area contributed by atoms with E-state index in [-0.39, 0.29) is 5.96 Å². The summed E-state index contributed by atoms with van der Waals surface area (Å²) in [6.07, 6.45) is -2.04. The summed E-state index contributed by atoms with van der Waals surface area (Å²) in [6.45, 7) is 1.19. The first-order valence-electron chi connectivity index (χ1n) is 5.38. The number of anilines is 1. The van der Waals surface area contributed by atoms with Gasteiger partial charge in [0.15, 0.2) is 5.82 Å². The molecule has 0 amide bonds. The molecule has 4 N–H and O–H groups in total. The summed E-state index contributed by atoms with van der Waals surface area (Å²) in [5.41, 5.74) is 2.79. The maximum absolute atomic E-state index is 12.7. The summed E-state index contributed by atoms with van der Waals surface area (Å²) in [5.74, 6) is 0.560. The minimum Gasteiger partial charge on any atom is -0.332 e. The van der Waals surface area contributed by atoms with Gasteiger partial charge in [-0.25, -0.2) is 4.99 Å². The summed E-state index contributed by atoms with van der Waals surface area (Å²) < 4.78 is 39.6. The molecule has 2 rings (SSSR count). The molecule has 1 atom stereocenters. The van der Waals surface area contributed by atoms with Gasteiger partial charge in [-0.05, 0) is 6.92 Å². The molecule has 1 aliphatic rings. The topological polar surface area (TPSA) is 80.3 Å². The molecule has 0 aromatic carbocycles. The Kier molecular flexibility index (Phi) is 3.01. The molecule has 9 heteroatoms. The fourth-order valence-corrected chi connectivity index (χ4v) is 1.65. The number of nitrogens with zero attached hydrogens (tertiary/aromatic N) is 3. The average Bonchev–Trinajstić information content (AvgIpc) is 2.60. The molecule has 104 valence electrons. The second-order valence-corrected chi connectivity index (χ2v) is 4.31. The summed E-state index contributed by atoms with van der Waals surface area (Å²) >= 11 is 0. The van der Waals surface area contributed by atoms with Crippen molar-refractivity contribution in [1.82, 2.24) is 15.1 Å². The highest BCUT2D eigenvalue weighted by Crippen LogP contribution is 2.34. The van der Waals surface area contributed by atoms with Gasteiger partial charge in [0.05, 0.1) is 5.57 Å². The molecule has 1 aliphatic heterocycles. The van der Waals surface area contributed by atoms with E-state index in [1.807, 2.05) is 0 Å². The predicted octanol–water partition coefficient (Wildman–Crippen LogP) is 0.912. The number of nitrogens with two attached hydrogens (primary N) is 1. The highest BCUT2D eigenvalue weighted by molar-refractivity contribution is 5.94. The summed E-state index contributed by atoms with van der Waals surface area (Å²) in [7, 11) is 1.72. The van der Waals surface area contributed by atoms with Crippen molar-refractivity contribution in [2.24, 2.45) is 17.8 Å². The van der Waals surface area contributed by atoms with E-state index in [0.29, 0.717) is 5.82 Å². The van der Waals surface area contributed by atoms with Crippen LogP contribution in [0.4, 0.5) is 19.0 Å². The van der Waals surface area contributed by atoms with Crippen LogP contribution in [0, 0.1) is 0 Å². The number of aliphatic imine (C=N–C) groups is 1. The maximum Gasteiger partial charge on any atom is 0.417 e. The molecular formula is C10H13F3N6. The first-order valence-corrected chi connectivity index (χ1v) is 5.38. The quantitative estimate of drug-likeness (QED) is 0.711. The lowest BCUT2D eigenvalue weighted by molar-refractivity contribution is -0.100. The third-order valence-electron chi connectivity index (χ3n) is 2.51. The molecule has 0 spiro atoms. The molecule has 19 heavy (non-hydrogen) atoms. The van der Waals surface area contributed by atoms with E-state index < -0.39 is 17.4 Å². The summed E-state index contributed by atoms with van der Waals surface area (Å²) in [5, 5.41) is 9.18. The second-order valence-electron chi connectivity index (χ2n) is 4.31. The zero-order valence-electron chi connectivity index (χ0n) is 10.3.